The van der Waals surface area contributed by atoms with Gasteiger partial charge in [0.05, 0.1) is 12.2 Å². The molecule has 1 N–H and O–H groups in total. The molecule has 1 rings (SSSR count). The van der Waals surface area contributed by atoms with Crippen molar-refractivity contribution >= 4 is 16.7 Å². The van der Waals surface area contributed by atoms with Gasteiger partial charge < -0.3 is 4.90 Å². The maximum absolute atomic E-state index is 12.4. The minimum atomic E-state index is -0.850. The van der Waals surface area contributed by atoms with Gasteiger partial charge in [-0.25, -0.2) is 0 Å². The summed E-state index contributed by atoms with van der Waals surface area (Å²) in [6.07, 6.45) is 2.76. The molecule has 0 saturated carbocycles. The van der Waals surface area contributed by atoms with Crippen LogP contribution in [0.25, 0.3) is 0 Å². The summed E-state index contributed by atoms with van der Waals surface area (Å²) in [5.41, 5.74) is 0. The summed E-state index contributed by atoms with van der Waals surface area (Å²) in [4.78, 5) is 14.3. The number of hydrogen-bond donors (Lipinski definition) is 1. The standard InChI is InChI=1S/C13H26N2O2S/c1-6-10(4)11-13(16)15(7-8-18(5)17)12(14-11)9(2)3/h9-12,14H,6-8H2,1-5H3. The lowest BCUT2D eigenvalue weighted by molar-refractivity contribution is -0.131. The molecule has 0 aromatic heterocycles. The highest BCUT2D eigenvalue weighted by Crippen LogP contribution is 2.23. The summed E-state index contributed by atoms with van der Waals surface area (Å²) >= 11 is 0. The predicted octanol–water partition coefficient (Wildman–Crippen LogP) is 1.19. The molecule has 106 valence electrons. The smallest absolute Gasteiger partial charge is 0.241 e. The number of carbonyl (C=O) groups excluding carboxylic acids is 1. The molecule has 1 amide bonds. The minimum absolute atomic E-state index is 0.0762. The number of nitrogens with one attached hydrogen (secondary N) is 1. The van der Waals surface area contributed by atoms with Crippen LogP contribution in [-0.4, -0.2) is 45.8 Å². The molecule has 5 heteroatoms. The van der Waals surface area contributed by atoms with Gasteiger partial charge in [-0.15, -0.1) is 0 Å². The third-order valence-corrected chi connectivity index (χ3v) is 4.46. The summed E-state index contributed by atoms with van der Waals surface area (Å²) in [7, 11) is -0.850. The van der Waals surface area contributed by atoms with E-state index in [1.165, 1.54) is 0 Å². The highest BCUT2D eigenvalue weighted by Gasteiger charge is 2.41. The van der Waals surface area contributed by atoms with Crippen molar-refractivity contribution in [1.82, 2.24) is 10.2 Å². The van der Waals surface area contributed by atoms with Gasteiger partial charge in [-0.3, -0.25) is 14.3 Å². The van der Waals surface area contributed by atoms with Gasteiger partial charge in [0, 0.05) is 29.4 Å². The number of carbonyl (C=O) groups is 1. The van der Waals surface area contributed by atoms with Gasteiger partial charge in [-0.1, -0.05) is 34.1 Å². The summed E-state index contributed by atoms with van der Waals surface area (Å²) in [6.45, 7) is 9.02. The van der Waals surface area contributed by atoms with Crippen LogP contribution in [0.4, 0.5) is 0 Å². The Morgan fingerprint density at radius 3 is 2.44 bits per heavy atom. The molecule has 0 radical (unpaired) electrons. The molecule has 0 aromatic rings. The lowest BCUT2D eigenvalue weighted by atomic mass is 9.99. The van der Waals surface area contributed by atoms with Gasteiger partial charge in [0.15, 0.2) is 0 Å². The van der Waals surface area contributed by atoms with E-state index in [0.29, 0.717) is 24.1 Å². The zero-order valence-electron chi connectivity index (χ0n) is 12.1. The van der Waals surface area contributed by atoms with Crippen molar-refractivity contribution < 1.29 is 9.00 Å². The minimum Gasteiger partial charge on any atom is -0.325 e. The zero-order chi connectivity index (χ0) is 13.9. The zero-order valence-corrected chi connectivity index (χ0v) is 12.9. The van der Waals surface area contributed by atoms with Crippen LogP contribution in [0.15, 0.2) is 0 Å². The van der Waals surface area contributed by atoms with Crippen molar-refractivity contribution in [2.24, 2.45) is 11.8 Å². The Labute approximate surface area is 113 Å². The molecule has 0 aliphatic carbocycles. The van der Waals surface area contributed by atoms with Crippen LogP contribution in [0.2, 0.25) is 0 Å². The van der Waals surface area contributed by atoms with E-state index in [1.54, 1.807) is 6.26 Å². The van der Waals surface area contributed by atoms with Gasteiger partial charge in [-0.05, 0) is 11.8 Å². The fraction of sp³-hybridized carbons (Fsp3) is 0.923. The quantitative estimate of drug-likeness (QED) is 0.791. The number of amides is 1. The largest absolute Gasteiger partial charge is 0.325 e. The first kappa shape index (κ1) is 15.6. The third kappa shape index (κ3) is 3.54. The maximum Gasteiger partial charge on any atom is 0.241 e. The Hall–Kier alpha value is -0.420. The maximum atomic E-state index is 12.4. The molecule has 4 atom stereocenters. The molecule has 1 saturated heterocycles. The SMILES string of the molecule is CCC(C)C1NC(C(C)C)N(CCS(C)=O)C1=O. The second-order valence-electron chi connectivity index (χ2n) is 5.53. The number of rotatable bonds is 6. The molecule has 1 aliphatic rings. The third-order valence-electron chi connectivity index (χ3n) is 3.70. The fourth-order valence-corrected chi connectivity index (χ4v) is 2.79. The highest BCUT2D eigenvalue weighted by molar-refractivity contribution is 7.84. The van der Waals surface area contributed by atoms with Crippen LogP contribution in [0.5, 0.6) is 0 Å². The number of hydrogen-bond acceptors (Lipinski definition) is 3. The summed E-state index contributed by atoms with van der Waals surface area (Å²) in [5, 5.41) is 3.44. The van der Waals surface area contributed by atoms with Gasteiger partial charge in [0.25, 0.3) is 0 Å². The van der Waals surface area contributed by atoms with Gasteiger partial charge in [0.2, 0.25) is 5.91 Å². The van der Waals surface area contributed by atoms with Crippen LogP contribution in [0.3, 0.4) is 0 Å². The first-order valence-corrected chi connectivity index (χ1v) is 8.47. The Morgan fingerprint density at radius 2 is 2.00 bits per heavy atom. The van der Waals surface area contributed by atoms with Gasteiger partial charge in [-0.2, -0.15) is 0 Å². The Morgan fingerprint density at radius 1 is 1.39 bits per heavy atom. The average Bonchev–Trinajstić information content (AvgIpc) is 2.63. The van der Waals surface area contributed by atoms with E-state index in [1.807, 2.05) is 4.90 Å². The summed E-state index contributed by atoms with van der Waals surface area (Å²) < 4.78 is 11.2. The van der Waals surface area contributed by atoms with Gasteiger partial charge in [0.1, 0.15) is 0 Å². The Balaban J connectivity index is 2.77. The molecule has 0 aromatic carbocycles. The van der Waals surface area contributed by atoms with E-state index in [4.69, 9.17) is 0 Å². The van der Waals surface area contributed by atoms with Crippen molar-refractivity contribution in [2.75, 3.05) is 18.6 Å². The molecule has 4 unspecified atom stereocenters. The molecule has 0 bridgehead atoms. The fourth-order valence-electron chi connectivity index (χ4n) is 2.33. The molecular formula is C13H26N2O2S. The van der Waals surface area contributed by atoms with Crippen molar-refractivity contribution in [3.63, 3.8) is 0 Å². The molecule has 4 nitrogen and oxygen atoms in total. The Bertz CT molecular complexity index is 320. The van der Waals surface area contributed by atoms with E-state index in [0.717, 1.165) is 6.42 Å². The van der Waals surface area contributed by atoms with Crippen LogP contribution < -0.4 is 5.32 Å². The topological polar surface area (TPSA) is 49.4 Å². The van der Waals surface area contributed by atoms with Crippen LogP contribution in [0, 0.1) is 11.8 Å². The van der Waals surface area contributed by atoms with Crippen LogP contribution in [0.1, 0.15) is 34.1 Å². The van der Waals surface area contributed by atoms with Crippen molar-refractivity contribution in [3.05, 3.63) is 0 Å². The first-order valence-electron chi connectivity index (χ1n) is 6.75. The molecule has 1 aliphatic heterocycles. The van der Waals surface area contributed by atoms with E-state index >= 15 is 0 Å². The van der Waals surface area contributed by atoms with Crippen molar-refractivity contribution in [1.29, 1.82) is 0 Å². The lowest BCUT2D eigenvalue weighted by Crippen LogP contribution is -2.43. The van der Waals surface area contributed by atoms with E-state index in [9.17, 15) is 9.00 Å². The molecule has 1 fully saturated rings. The second kappa shape index (κ2) is 6.66. The molecular weight excluding hydrogens is 248 g/mol. The Kier molecular flexibility index (Phi) is 5.79. The summed E-state index contributed by atoms with van der Waals surface area (Å²) in [5.74, 6) is 1.45. The van der Waals surface area contributed by atoms with Crippen LogP contribution >= 0.6 is 0 Å². The lowest BCUT2D eigenvalue weighted by Gasteiger charge is -2.26. The first-order chi connectivity index (χ1) is 8.38. The average molecular weight is 274 g/mol. The van der Waals surface area contributed by atoms with Crippen molar-refractivity contribution in [3.8, 4) is 0 Å². The van der Waals surface area contributed by atoms with E-state index in [-0.39, 0.29) is 18.1 Å². The van der Waals surface area contributed by atoms with Crippen molar-refractivity contribution in [2.45, 2.75) is 46.3 Å². The summed E-state index contributed by atoms with van der Waals surface area (Å²) in [6, 6.07) is -0.0762. The monoisotopic (exact) mass is 274 g/mol. The molecule has 0 spiro atoms. The van der Waals surface area contributed by atoms with Gasteiger partial charge >= 0.3 is 0 Å². The van der Waals surface area contributed by atoms with Crippen LogP contribution in [-0.2, 0) is 15.6 Å². The normalized spacial score (nSPS) is 27.9. The van der Waals surface area contributed by atoms with E-state index < -0.39 is 10.8 Å². The predicted molar refractivity (Wildman–Crippen MR) is 75.7 cm³/mol. The molecule has 18 heavy (non-hydrogen) atoms. The number of nitrogens with zero attached hydrogens (tertiary/aromatic N) is 1. The highest BCUT2D eigenvalue weighted by atomic mass is 32.2. The van der Waals surface area contributed by atoms with E-state index in [2.05, 4.69) is 33.0 Å². The second-order valence-corrected chi connectivity index (χ2v) is 7.08. The molecule has 1 heterocycles.